The highest BCUT2D eigenvalue weighted by Crippen LogP contribution is 2.51. The lowest BCUT2D eigenvalue weighted by atomic mass is 9.98. The Labute approximate surface area is 310 Å². The Hall–Kier alpha value is -6.68. The number of hydrogen-bond acceptors (Lipinski definition) is 3. The van der Waals surface area contributed by atoms with Gasteiger partial charge in [-0.1, -0.05) is 152 Å². The summed E-state index contributed by atoms with van der Waals surface area (Å²) >= 11 is 1.88. The average molecular weight is 694 g/mol. The number of nitrogens with zero attached hydrogens (tertiary/aromatic N) is 1. The second-order valence-electron chi connectivity index (χ2n) is 13.6. The molecule has 3 heteroatoms. The van der Waals surface area contributed by atoms with Crippen molar-refractivity contribution < 1.29 is 4.42 Å². The van der Waals surface area contributed by atoms with Crippen LogP contribution in [0, 0.1) is 0 Å². The van der Waals surface area contributed by atoms with Gasteiger partial charge in [-0.15, -0.1) is 11.3 Å². The second-order valence-corrected chi connectivity index (χ2v) is 14.7. The Morgan fingerprint density at radius 3 is 1.83 bits per heavy atom. The van der Waals surface area contributed by atoms with Crippen molar-refractivity contribution in [3.63, 3.8) is 0 Å². The highest BCUT2D eigenvalue weighted by Gasteiger charge is 2.25. The molecule has 0 fully saturated rings. The summed E-state index contributed by atoms with van der Waals surface area (Å²) in [5, 5.41) is 9.66. The zero-order chi connectivity index (χ0) is 34.9. The number of fused-ring (bicyclic) bond motifs is 9. The zero-order valence-electron chi connectivity index (χ0n) is 28.7. The smallest absolute Gasteiger partial charge is 0.145 e. The lowest BCUT2D eigenvalue weighted by Gasteiger charge is -2.27. The van der Waals surface area contributed by atoms with Gasteiger partial charge in [0.2, 0.25) is 0 Å². The maximum absolute atomic E-state index is 6.80. The monoisotopic (exact) mass is 693 g/mol. The van der Waals surface area contributed by atoms with Crippen LogP contribution in [0.1, 0.15) is 0 Å². The topological polar surface area (TPSA) is 16.4 Å². The molecule has 0 bridgehead atoms. The average Bonchev–Trinajstić information content (AvgIpc) is 3.81. The third-order valence-corrected chi connectivity index (χ3v) is 11.9. The summed E-state index contributed by atoms with van der Waals surface area (Å²) in [6.07, 6.45) is 0. The molecule has 2 aromatic heterocycles. The molecule has 0 saturated carbocycles. The quantitative estimate of drug-likeness (QED) is 0.167. The summed E-state index contributed by atoms with van der Waals surface area (Å²) in [5.41, 5.74) is 9.79. The Balaban J connectivity index is 1.25. The molecular formula is C50H31NOS. The first-order valence-electron chi connectivity index (χ1n) is 18.0. The SMILES string of the molecule is c1ccc(-c2ccc(N(c3ccc4ccc5ccccc5c4c3)c3cccc4c3sc3c(-c5ccccc5)cccc34)c3c2oc2ccccc23)cc1. The predicted molar refractivity (Wildman–Crippen MR) is 227 cm³/mol. The molecule has 0 aliphatic carbocycles. The highest BCUT2D eigenvalue weighted by atomic mass is 32.1. The van der Waals surface area contributed by atoms with Crippen LogP contribution < -0.4 is 4.90 Å². The van der Waals surface area contributed by atoms with Crippen LogP contribution in [0.5, 0.6) is 0 Å². The predicted octanol–water partition coefficient (Wildman–Crippen LogP) is 15.1. The van der Waals surface area contributed by atoms with Gasteiger partial charge in [0.1, 0.15) is 11.2 Å². The van der Waals surface area contributed by atoms with Crippen LogP contribution in [0.2, 0.25) is 0 Å². The van der Waals surface area contributed by atoms with Crippen molar-refractivity contribution in [2.45, 2.75) is 0 Å². The molecule has 248 valence electrons. The maximum atomic E-state index is 6.80. The van der Waals surface area contributed by atoms with E-state index in [0.717, 1.165) is 50.1 Å². The fourth-order valence-corrected chi connectivity index (χ4v) is 9.55. The van der Waals surface area contributed by atoms with Gasteiger partial charge in [-0.05, 0) is 74.6 Å². The van der Waals surface area contributed by atoms with Gasteiger partial charge >= 0.3 is 0 Å². The van der Waals surface area contributed by atoms with Gasteiger partial charge in [-0.3, -0.25) is 0 Å². The Morgan fingerprint density at radius 2 is 1.02 bits per heavy atom. The minimum atomic E-state index is 0.879. The number of benzene rings is 9. The zero-order valence-corrected chi connectivity index (χ0v) is 29.5. The van der Waals surface area contributed by atoms with Crippen molar-refractivity contribution in [2.24, 2.45) is 0 Å². The lowest BCUT2D eigenvalue weighted by Crippen LogP contribution is -2.10. The van der Waals surface area contributed by atoms with Crippen molar-refractivity contribution in [1.82, 2.24) is 0 Å². The summed E-state index contributed by atoms with van der Waals surface area (Å²) in [6, 6.07) is 67.8. The Kier molecular flexibility index (Phi) is 6.76. The molecule has 9 aromatic carbocycles. The second kappa shape index (κ2) is 11.9. The number of thiophene rings is 1. The minimum Gasteiger partial charge on any atom is -0.455 e. The molecule has 0 atom stereocenters. The first-order valence-corrected chi connectivity index (χ1v) is 18.8. The Bertz CT molecular complexity index is 3180. The van der Waals surface area contributed by atoms with Crippen LogP contribution in [0.4, 0.5) is 17.1 Å². The van der Waals surface area contributed by atoms with E-state index in [1.54, 1.807) is 0 Å². The molecule has 0 spiro atoms. The van der Waals surface area contributed by atoms with E-state index in [1.165, 1.54) is 52.8 Å². The van der Waals surface area contributed by atoms with Crippen LogP contribution in [0.25, 0.3) is 85.9 Å². The highest BCUT2D eigenvalue weighted by molar-refractivity contribution is 7.27. The molecule has 2 heterocycles. The fourth-order valence-electron chi connectivity index (χ4n) is 8.21. The first kappa shape index (κ1) is 30.0. The number of rotatable bonds is 5. The molecule has 0 radical (unpaired) electrons. The van der Waals surface area contributed by atoms with Gasteiger partial charge in [0.25, 0.3) is 0 Å². The fraction of sp³-hybridized carbons (Fsp3) is 0. The van der Waals surface area contributed by atoms with Crippen molar-refractivity contribution in [1.29, 1.82) is 0 Å². The van der Waals surface area contributed by atoms with E-state index < -0.39 is 0 Å². The molecule has 0 saturated heterocycles. The van der Waals surface area contributed by atoms with Gasteiger partial charge in [0.15, 0.2) is 0 Å². The largest absolute Gasteiger partial charge is 0.455 e. The number of anilines is 3. The van der Waals surface area contributed by atoms with Crippen LogP contribution in [-0.2, 0) is 0 Å². The maximum Gasteiger partial charge on any atom is 0.145 e. The van der Waals surface area contributed by atoms with E-state index in [2.05, 4.69) is 193 Å². The molecule has 53 heavy (non-hydrogen) atoms. The van der Waals surface area contributed by atoms with E-state index >= 15 is 0 Å². The molecular weight excluding hydrogens is 663 g/mol. The van der Waals surface area contributed by atoms with Gasteiger partial charge < -0.3 is 9.32 Å². The van der Waals surface area contributed by atoms with Crippen LogP contribution >= 0.6 is 11.3 Å². The third kappa shape index (κ3) is 4.71. The van der Waals surface area contributed by atoms with Gasteiger partial charge in [0.05, 0.1) is 21.5 Å². The van der Waals surface area contributed by atoms with Crippen LogP contribution in [-0.4, -0.2) is 0 Å². The van der Waals surface area contributed by atoms with Crippen LogP contribution in [0.15, 0.2) is 192 Å². The number of para-hydroxylation sites is 1. The lowest BCUT2D eigenvalue weighted by molar-refractivity contribution is 0.670. The molecule has 0 unspecified atom stereocenters. The number of furan rings is 1. The minimum absolute atomic E-state index is 0.879. The van der Waals surface area contributed by atoms with E-state index in [9.17, 15) is 0 Å². The van der Waals surface area contributed by atoms with Crippen molar-refractivity contribution in [3.05, 3.63) is 188 Å². The number of hydrogen-bond donors (Lipinski definition) is 0. The summed E-state index contributed by atoms with van der Waals surface area (Å²) in [4.78, 5) is 2.47. The molecule has 0 aliphatic rings. The Morgan fingerprint density at radius 1 is 0.396 bits per heavy atom. The summed E-state index contributed by atoms with van der Waals surface area (Å²) < 4.78 is 9.35. The van der Waals surface area contributed by atoms with Gasteiger partial charge in [-0.2, -0.15) is 0 Å². The van der Waals surface area contributed by atoms with Crippen molar-refractivity contribution in [2.75, 3.05) is 4.90 Å². The molecule has 2 nitrogen and oxygen atoms in total. The van der Waals surface area contributed by atoms with Gasteiger partial charge in [-0.25, -0.2) is 0 Å². The van der Waals surface area contributed by atoms with Crippen molar-refractivity contribution in [3.8, 4) is 22.3 Å². The summed E-state index contributed by atoms with van der Waals surface area (Å²) in [5.74, 6) is 0. The van der Waals surface area contributed by atoms with E-state index in [-0.39, 0.29) is 0 Å². The molecule has 0 N–H and O–H groups in total. The van der Waals surface area contributed by atoms with Crippen LogP contribution in [0.3, 0.4) is 0 Å². The normalized spacial score (nSPS) is 11.8. The summed E-state index contributed by atoms with van der Waals surface area (Å²) in [7, 11) is 0. The molecule has 0 aliphatic heterocycles. The van der Waals surface area contributed by atoms with Crippen molar-refractivity contribution >= 4 is 92.1 Å². The first-order chi connectivity index (χ1) is 26.3. The molecule has 0 amide bonds. The van der Waals surface area contributed by atoms with Gasteiger partial charge in [0, 0.05) is 32.1 Å². The van der Waals surface area contributed by atoms with E-state index in [4.69, 9.17) is 4.42 Å². The molecule has 11 rings (SSSR count). The standard InChI is InChI=1S/C50H31NOS/c1-3-13-32(14-4-1)38-29-30-44(47-42-19-9-10-24-46(42)52-48(38)47)51(36-28-27-35-26-25-34-17-7-8-18-37(34)43(35)31-36)45-23-12-22-41-40-21-11-20-39(49(40)53-50(41)45)33-15-5-2-6-16-33/h1-31H. The van der Waals surface area contributed by atoms with E-state index in [1.807, 2.05) is 11.3 Å². The van der Waals surface area contributed by atoms with E-state index in [0.29, 0.717) is 0 Å². The molecule has 11 aromatic rings. The summed E-state index contributed by atoms with van der Waals surface area (Å²) in [6.45, 7) is 0. The third-order valence-electron chi connectivity index (χ3n) is 10.6.